The average Bonchev–Trinajstić information content (AvgIpc) is 3.30. The molecule has 3 N–H and O–H groups in total. The van der Waals surface area contributed by atoms with Gasteiger partial charge in [-0.2, -0.15) is 0 Å². The number of hydrogen-bond donors (Lipinski definition) is 3. The highest BCUT2D eigenvalue weighted by Gasteiger charge is 2.65. The fraction of sp³-hybridized carbons (Fsp3) is 0.611. The zero-order chi connectivity index (χ0) is 27.4. The van der Waals surface area contributed by atoms with Gasteiger partial charge in [0.25, 0.3) is 0 Å². The number of allylic oxidation sites excluding steroid dienone is 1. The van der Waals surface area contributed by atoms with Gasteiger partial charge in [-0.05, 0) is 114 Å². The Morgan fingerprint density at radius 2 is 1.49 bits per heavy atom. The lowest BCUT2D eigenvalue weighted by atomic mass is 9.43. The lowest BCUT2D eigenvalue weighted by Gasteiger charge is -2.63. The van der Waals surface area contributed by atoms with Crippen LogP contribution in [0.3, 0.4) is 0 Å². The normalized spacial score (nSPS) is 42.1. The molecule has 3 heteroatoms. The molecule has 2 aromatic carbocycles. The number of benzene rings is 2. The van der Waals surface area contributed by atoms with Crippen molar-refractivity contribution in [3.63, 3.8) is 0 Å². The van der Waals surface area contributed by atoms with Crippen molar-refractivity contribution in [2.45, 2.75) is 90.4 Å². The van der Waals surface area contributed by atoms with Crippen LogP contribution in [-0.4, -0.2) is 33.6 Å². The van der Waals surface area contributed by atoms with Crippen LogP contribution in [0.1, 0.15) is 83.3 Å². The van der Waals surface area contributed by atoms with Crippen LogP contribution < -0.4 is 0 Å². The Kier molecular flexibility index (Phi) is 7.31. The highest BCUT2D eigenvalue weighted by molar-refractivity contribution is 5.79. The topological polar surface area (TPSA) is 60.7 Å². The second-order valence-corrected chi connectivity index (χ2v) is 14.1. The predicted molar refractivity (Wildman–Crippen MR) is 158 cm³/mol. The second kappa shape index (κ2) is 10.5. The second-order valence-electron chi connectivity index (χ2n) is 14.1. The Bertz CT molecular complexity index is 1120. The van der Waals surface area contributed by atoms with Gasteiger partial charge in [0.05, 0.1) is 18.3 Å². The van der Waals surface area contributed by atoms with Crippen molar-refractivity contribution < 1.29 is 15.3 Å². The maximum atomic E-state index is 11.9. The fourth-order valence-electron chi connectivity index (χ4n) is 10.2. The van der Waals surface area contributed by atoms with Crippen LogP contribution in [-0.2, 0) is 0 Å². The zero-order valence-corrected chi connectivity index (χ0v) is 24.0. The lowest BCUT2D eigenvalue weighted by Crippen LogP contribution is -2.62. The SMILES string of the molecule is C[C@@H](CC=C(c1ccccc1)c1ccccc1)[C@@H]1CC[C@H]2[C@H]3[C@H](O)C[C@H]4C[C@H](O)CC[C@]4(C)[C@@H]3C[C@H](O)[C@@]21C. The summed E-state index contributed by atoms with van der Waals surface area (Å²) in [4.78, 5) is 0. The largest absolute Gasteiger partial charge is 0.393 e. The van der Waals surface area contributed by atoms with Gasteiger partial charge in [0.2, 0.25) is 0 Å². The molecule has 4 saturated carbocycles. The van der Waals surface area contributed by atoms with Crippen molar-refractivity contribution in [2.24, 2.45) is 46.3 Å². The van der Waals surface area contributed by atoms with Crippen molar-refractivity contribution in [2.75, 3.05) is 0 Å². The van der Waals surface area contributed by atoms with Crippen molar-refractivity contribution in [3.8, 4) is 0 Å². The van der Waals surface area contributed by atoms with Gasteiger partial charge < -0.3 is 15.3 Å². The van der Waals surface area contributed by atoms with Crippen LogP contribution >= 0.6 is 0 Å². The number of fused-ring (bicyclic) bond motifs is 5. The predicted octanol–water partition coefficient (Wildman–Crippen LogP) is 7.11. The first kappa shape index (κ1) is 27.2. The Morgan fingerprint density at radius 1 is 0.846 bits per heavy atom. The summed E-state index contributed by atoms with van der Waals surface area (Å²) in [6.45, 7) is 7.16. The van der Waals surface area contributed by atoms with E-state index in [1.807, 2.05) is 0 Å². The van der Waals surface area contributed by atoms with Crippen molar-refractivity contribution in [3.05, 3.63) is 77.9 Å². The zero-order valence-electron chi connectivity index (χ0n) is 24.0. The van der Waals surface area contributed by atoms with Crippen molar-refractivity contribution in [1.29, 1.82) is 0 Å². The molecule has 0 heterocycles. The van der Waals surface area contributed by atoms with Gasteiger partial charge in [-0.3, -0.25) is 0 Å². The summed E-state index contributed by atoms with van der Waals surface area (Å²) in [5, 5.41) is 33.9. The quantitative estimate of drug-likeness (QED) is 0.388. The Morgan fingerprint density at radius 3 is 2.13 bits per heavy atom. The summed E-state index contributed by atoms with van der Waals surface area (Å²) in [7, 11) is 0. The molecule has 39 heavy (non-hydrogen) atoms. The molecule has 6 rings (SSSR count). The monoisotopic (exact) mass is 528 g/mol. The summed E-state index contributed by atoms with van der Waals surface area (Å²) in [6.07, 6.45) is 9.09. The minimum Gasteiger partial charge on any atom is -0.393 e. The maximum Gasteiger partial charge on any atom is 0.0602 e. The number of hydrogen-bond acceptors (Lipinski definition) is 3. The van der Waals surface area contributed by atoms with Gasteiger partial charge >= 0.3 is 0 Å². The Labute approximate surface area is 235 Å². The van der Waals surface area contributed by atoms with Gasteiger partial charge in [0.1, 0.15) is 0 Å². The Hall–Kier alpha value is -1.94. The maximum absolute atomic E-state index is 11.9. The first-order valence-electron chi connectivity index (χ1n) is 15.6. The lowest BCUT2D eigenvalue weighted by molar-refractivity contribution is -0.206. The minimum absolute atomic E-state index is 0.123. The van der Waals surface area contributed by atoms with Crippen LogP contribution in [0.5, 0.6) is 0 Å². The molecule has 0 unspecified atom stereocenters. The minimum atomic E-state index is -0.333. The summed E-state index contributed by atoms with van der Waals surface area (Å²) < 4.78 is 0. The summed E-state index contributed by atoms with van der Waals surface area (Å²) >= 11 is 0. The fourth-order valence-corrected chi connectivity index (χ4v) is 10.2. The smallest absolute Gasteiger partial charge is 0.0602 e. The molecule has 210 valence electrons. The van der Waals surface area contributed by atoms with E-state index in [4.69, 9.17) is 0 Å². The van der Waals surface area contributed by atoms with E-state index in [1.165, 1.54) is 16.7 Å². The summed E-state index contributed by atoms with van der Waals surface area (Å²) in [5.41, 5.74) is 3.74. The van der Waals surface area contributed by atoms with Crippen LogP contribution in [0.2, 0.25) is 0 Å². The summed E-state index contributed by atoms with van der Waals surface area (Å²) in [6, 6.07) is 21.4. The van der Waals surface area contributed by atoms with E-state index in [-0.39, 0.29) is 35.1 Å². The molecule has 0 saturated heterocycles. The highest BCUT2D eigenvalue weighted by Crippen LogP contribution is 2.68. The van der Waals surface area contributed by atoms with Gasteiger partial charge in [-0.15, -0.1) is 0 Å². The molecule has 2 aromatic rings. The first-order valence-corrected chi connectivity index (χ1v) is 15.6. The Balaban J connectivity index is 1.26. The third-order valence-corrected chi connectivity index (χ3v) is 12.4. The van der Waals surface area contributed by atoms with E-state index in [0.29, 0.717) is 29.6 Å². The third-order valence-electron chi connectivity index (χ3n) is 12.4. The molecule has 0 amide bonds. The molecule has 3 nitrogen and oxygen atoms in total. The van der Waals surface area contributed by atoms with E-state index in [0.717, 1.165) is 51.4 Å². The molecular formula is C36H48O3. The highest BCUT2D eigenvalue weighted by atomic mass is 16.3. The molecule has 0 aromatic heterocycles. The summed E-state index contributed by atoms with van der Waals surface area (Å²) in [5.74, 6) is 2.24. The molecule has 0 bridgehead atoms. The molecule has 4 aliphatic carbocycles. The van der Waals surface area contributed by atoms with Gasteiger partial charge in [0, 0.05) is 0 Å². The van der Waals surface area contributed by atoms with Crippen molar-refractivity contribution >= 4 is 5.57 Å². The van der Waals surface area contributed by atoms with Crippen molar-refractivity contribution in [1.82, 2.24) is 0 Å². The van der Waals surface area contributed by atoms with Crippen LogP contribution in [0.4, 0.5) is 0 Å². The first-order chi connectivity index (χ1) is 18.7. The molecule has 0 radical (unpaired) electrons. The van der Waals surface area contributed by atoms with E-state index >= 15 is 0 Å². The number of rotatable bonds is 5. The molecular weight excluding hydrogens is 480 g/mol. The van der Waals surface area contributed by atoms with Crippen LogP contribution in [0.25, 0.3) is 5.57 Å². The number of aliphatic hydroxyl groups excluding tert-OH is 3. The third kappa shape index (κ3) is 4.53. The standard InChI is InChI=1S/C36H48O3/c1-23(14-15-28(24-10-6-4-7-11-24)25-12-8-5-9-13-25)29-16-17-30-34-31(22-33(39)36(29,30)3)35(2)19-18-27(37)20-26(35)21-32(34)38/h4-13,15,23,26-27,29-34,37-39H,14,16-22H2,1-3H3/t23-,26+,27+,29-,30-,31+,32+,33-,34+,35-,36+/m0/s1. The molecule has 0 spiro atoms. The molecule has 11 atom stereocenters. The average molecular weight is 529 g/mol. The van der Waals surface area contributed by atoms with Gasteiger partial charge in [-0.1, -0.05) is 87.5 Å². The van der Waals surface area contributed by atoms with Crippen LogP contribution in [0, 0.1) is 46.3 Å². The number of aliphatic hydroxyl groups is 3. The molecule has 4 aliphatic rings. The van der Waals surface area contributed by atoms with Gasteiger partial charge in [0.15, 0.2) is 0 Å². The molecule has 4 fully saturated rings. The van der Waals surface area contributed by atoms with Crippen LogP contribution in [0.15, 0.2) is 66.7 Å². The van der Waals surface area contributed by atoms with E-state index < -0.39 is 0 Å². The molecule has 0 aliphatic heterocycles. The van der Waals surface area contributed by atoms with E-state index in [2.05, 4.69) is 87.5 Å². The van der Waals surface area contributed by atoms with E-state index in [1.54, 1.807) is 0 Å². The van der Waals surface area contributed by atoms with Gasteiger partial charge in [-0.25, -0.2) is 0 Å². The van der Waals surface area contributed by atoms with E-state index in [9.17, 15) is 15.3 Å².